The SMILES string of the molecule is CCC(C)(OC=O)C(=O)O. The molecule has 1 unspecified atom stereocenters. The Bertz CT molecular complexity index is 143. The van der Waals surface area contributed by atoms with E-state index in [2.05, 4.69) is 4.74 Å². The first-order chi connectivity index (χ1) is 4.56. The molecule has 0 aliphatic carbocycles. The van der Waals surface area contributed by atoms with Gasteiger partial charge in [0.1, 0.15) is 0 Å². The van der Waals surface area contributed by atoms with Gasteiger partial charge in [0.25, 0.3) is 6.47 Å². The molecule has 4 heteroatoms. The van der Waals surface area contributed by atoms with Crippen LogP contribution in [-0.2, 0) is 14.3 Å². The largest absolute Gasteiger partial charge is 0.478 e. The van der Waals surface area contributed by atoms with E-state index in [0.717, 1.165) is 0 Å². The lowest BCUT2D eigenvalue weighted by atomic mass is 10.0. The Morgan fingerprint density at radius 1 is 1.80 bits per heavy atom. The van der Waals surface area contributed by atoms with Crippen molar-refractivity contribution in [3.05, 3.63) is 0 Å². The lowest BCUT2D eigenvalue weighted by Gasteiger charge is -2.19. The molecule has 0 amide bonds. The number of ether oxygens (including phenoxy) is 1. The predicted molar refractivity (Wildman–Crippen MR) is 33.5 cm³/mol. The molecule has 0 aromatic rings. The first kappa shape index (κ1) is 8.94. The average molecular weight is 146 g/mol. The van der Waals surface area contributed by atoms with E-state index in [1.807, 2.05) is 0 Å². The zero-order valence-corrected chi connectivity index (χ0v) is 5.96. The van der Waals surface area contributed by atoms with Crippen molar-refractivity contribution < 1.29 is 19.4 Å². The van der Waals surface area contributed by atoms with Crippen molar-refractivity contribution in [2.45, 2.75) is 25.9 Å². The Hall–Kier alpha value is -1.06. The van der Waals surface area contributed by atoms with Gasteiger partial charge in [0.2, 0.25) is 5.60 Å². The van der Waals surface area contributed by atoms with Crippen LogP contribution in [0.5, 0.6) is 0 Å². The fourth-order valence-electron chi connectivity index (χ4n) is 0.391. The number of carboxylic acid groups (broad SMARTS) is 1. The van der Waals surface area contributed by atoms with Crippen molar-refractivity contribution in [3.63, 3.8) is 0 Å². The van der Waals surface area contributed by atoms with Gasteiger partial charge in [-0.05, 0) is 13.3 Å². The summed E-state index contributed by atoms with van der Waals surface area (Å²) in [7, 11) is 0. The first-order valence-corrected chi connectivity index (χ1v) is 2.91. The molecule has 0 bridgehead atoms. The van der Waals surface area contributed by atoms with Gasteiger partial charge in [-0.1, -0.05) is 6.92 Å². The minimum atomic E-state index is -1.36. The van der Waals surface area contributed by atoms with E-state index >= 15 is 0 Å². The first-order valence-electron chi connectivity index (χ1n) is 2.91. The standard InChI is InChI=1S/C6H10O4/c1-3-6(2,5(8)9)10-4-7/h4H,3H2,1-2H3,(H,8,9). The van der Waals surface area contributed by atoms with Gasteiger partial charge in [0.05, 0.1) is 0 Å². The van der Waals surface area contributed by atoms with Gasteiger partial charge in [0.15, 0.2) is 0 Å². The highest BCUT2D eigenvalue weighted by Crippen LogP contribution is 2.13. The van der Waals surface area contributed by atoms with Crippen LogP contribution in [0.15, 0.2) is 0 Å². The van der Waals surface area contributed by atoms with Crippen molar-refractivity contribution in [2.24, 2.45) is 0 Å². The van der Waals surface area contributed by atoms with Crippen LogP contribution < -0.4 is 0 Å². The summed E-state index contributed by atoms with van der Waals surface area (Å²) in [5.74, 6) is -1.12. The van der Waals surface area contributed by atoms with Gasteiger partial charge in [0, 0.05) is 0 Å². The summed E-state index contributed by atoms with van der Waals surface area (Å²) in [5.41, 5.74) is -1.36. The molecule has 0 aromatic carbocycles. The fourth-order valence-corrected chi connectivity index (χ4v) is 0.391. The summed E-state index contributed by atoms with van der Waals surface area (Å²) in [6.07, 6.45) is 0.265. The summed E-state index contributed by atoms with van der Waals surface area (Å²) < 4.78 is 4.36. The van der Waals surface area contributed by atoms with E-state index in [4.69, 9.17) is 5.11 Å². The highest BCUT2D eigenvalue weighted by molar-refractivity contribution is 5.78. The quantitative estimate of drug-likeness (QED) is 0.583. The van der Waals surface area contributed by atoms with E-state index in [-0.39, 0.29) is 12.9 Å². The van der Waals surface area contributed by atoms with Crippen molar-refractivity contribution in [2.75, 3.05) is 0 Å². The molecule has 1 atom stereocenters. The van der Waals surface area contributed by atoms with Gasteiger partial charge in [-0.2, -0.15) is 0 Å². The molecule has 0 aliphatic rings. The zero-order chi connectivity index (χ0) is 8.20. The molecular formula is C6H10O4. The Morgan fingerprint density at radius 2 is 2.30 bits per heavy atom. The minimum Gasteiger partial charge on any atom is -0.478 e. The van der Waals surface area contributed by atoms with E-state index in [9.17, 15) is 9.59 Å². The van der Waals surface area contributed by atoms with E-state index < -0.39 is 11.6 Å². The van der Waals surface area contributed by atoms with Crippen LogP contribution in [0.2, 0.25) is 0 Å². The monoisotopic (exact) mass is 146 g/mol. The molecule has 0 saturated heterocycles. The third kappa shape index (κ3) is 1.72. The fraction of sp³-hybridized carbons (Fsp3) is 0.667. The number of aliphatic carboxylic acids is 1. The topological polar surface area (TPSA) is 63.6 Å². The van der Waals surface area contributed by atoms with Crippen molar-refractivity contribution in [3.8, 4) is 0 Å². The number of hydrogen-bond acceptors (Lipinski definition) is 3. The van der Waals surface area contributed by atoms with E-state index in [1.54, 1.807) is 6.92 Å². The molecule has 0 saturated carbocycles. The third-order valence-electron chi connectivity index (χ3n) is 1.44. The number of rotatable bonds is 4. The summed E-state index contributed by atoms with van der Waals surface area (Å²) in [6, 6.07) is 0. The summed E-state index contributed by atoms with van der Waals surface area (Å²) in [5, 5.41) is 8.48. The van der Waals surface area contributed by atoms with Crippen molar-refractivity contribution in [1.29, 1.82) is 0 Å². The Labute approximate surface area is 58.8 Å². The van der Waals surface area contributed by atoms with Crippen LogP contribution >= 0.6 is 0 Å². The van der Waals surface area contributed by atoms with Crippen LogP contribution in [0.1, 0.15) is 20.3 Å². The highest BCUT2D eigenvalue weighted by Gasteiger charge is 2.32. The van der Waals surface area contributed by atoms with Gasteiger partial charge in [-0.25, -0.2) is 4.79 Å². The Kier molecular flexibility index (Phi) is 2.86. The molecule has 58 valence electrons. The minimum absolute atomic E-state index is 0.150. The van der Waals surface area contributed by atoms with Crippen LogP contribution in [0.25, 0.3) is 0 Å². The van der Waals surface area contributed by atoms with Crippen LogP contribution in [-0.4, -0.2) is 23.1 Å². The molecule has 0 spiro atoms. The second kappa shape index (κ2) is 3.20. The Balaban J connectivity index is 4.21. The van der Waals surface area contributed by atoms with Gasteiger partial charge < -0.3 is 9.84 Å². The lowest BCUT2D eigenvalue weighted by Crippen LogP contribution is -2.37. The van der Waals surface area contributed by atoms with E-state index in [1.165, 1.54) is 6.92 Å². The second-order valence-corrected chi connectivity index (χ2v) is 2.10. The summed E-state index contributed by atoms with van der Waals surface area (Å²) in [4.78, 5) is 20.2. The Morgan fingerprint density at radius 3 is 2.40 bits per heavy atom. The van der Waals surface area contributed by atoms with E-state index in [0.29, 0.717) is 0 Å². The number of carbonyl (C=O) groups is 2. The van der Waals surface area contributed by atoms with Crippen molar-refractivity contribution >= 4 is 12.4 Å². The molecular weight excluding hydrogens is 136 g/mol. The van der Waals surface area contributed by atoms with Gasteiger partial charge in [-0.3, -0.25) is 4.79 Å². The number of carbonyl (C=O) groups excluding carboxylic acids is 1. The van der Waals surface area contributed by atoms with Crippen LogP contribution in [0, 0.1) is 0 Å². The molecule has 0 aromatic heterocycles. The molecule has 4 nitrogen and oxygen atoms in total. The second-order valence-electron chi connectivity index (χ2n) is 2.10. The smallest absolute Gasteiger partial charge is 0.347 e. The molecule has 0 radical (unpaired) electrons. The predicted octanol–water partition coefficient (Wildman–Crippen LogP) is 0.413. The van der Waals surface area contributed by atoms with Crippen LogP contribution in [0.4, 0.5) is 0 Å². The number of hydrogen-bond donors (Lipinski definition) is 1. The maximum absolute atomic E-state index is 10.4. The third-order valence-corrected chi connectivity index (χ3v) is 1.44. The lowest BCUT2D eigenvalue weighted by molar-refractivity contribution is -0.168. The summed E-state index contributed by atoms with van der Waals surface area (Å²) >= 11 is 0. The van der Waals surface area contributed by atoms with Crippen LogP contribution in [0.3, 0.4) is 0 Å². The zero-order valence-electron chi connectivity index (χ0n) is 5.96. The van der Waals surface area contributed by atoms with Gasteiger partial charge >= 0.3 is 5.97 Å². The number of carboxylic acids is 1. The normalized spacial score (nSPS) is 15.4. The molecule has 0 rings (SSSR count). The van der Waals surface area contributed by atoms with Crippen molar-refractivity contribution in [1.82, 2.24) is 0 Å². The molecule has 0 fully saturated rings. The molecule has 0 aliphatic heterocycles. The highest BCUT2D eigenvalue weighted by atomic mass is 16.6. The molecule has 1 N–H and O–H groups in total. The molecule has 10 heavy (non-hydrogen) atoms. The maximum atomic E-state index is 10.4. The summed E-state index contributed by atoms with van der Waals surface area (Å²) in [6.45, 7) is 3.14. The molecule has 0 heterocycles. The van der Waals surface area contributed by atoms with Gasteiger partial charge in [-0.15, -0.1) is 0 Å². The maximum Gasteiger partial charge on any atom is 0.347 e. The average Bonchev–Trinajstić information content (AvgIpc) is 1.88.